The molecule has 0 aromatic heterocycles. The highest BCUT2D eigenvalue weighted by Crippen LogP contribution is 2.14. The number of unbranched alkanes of at least 4 members (excludes halogenated alkanes) is 1. The molecule has 0 bridgehead atoms. The third-order valence-electron chi connectivity index (χ3n) is 3.14. The Hall–Kier alpha value is 0.110. The van der Waals surface area contributed by atoms with Gasteiger partial charge in [-0.1, -0.05) is 40.5 Å². The molecule has 0 aliphatic rings. The van der Waals surface area contributed by atoms with Gasteiger partial charge in [0.05, 0.1) is 0 Å². The van der Waals surface area contributed by atoms with Gasteiger partial charge in [0.1, 0.15) is 0 Å². The molecule has 0 saturated carbocycles. The van der Waals surface area contributed by atoms with Gasteiger partial charge in [-0.05, 0) is 32.2 Å². The van der Waals surface area contributed by atoms with E-state index in [9.17, 15) is 4.21 Å². The molecule has 3 heteroatoms. The lowest BCUT2D eigenvalue weighted by Crippen LogP contribution is -2.42. The zero-order valence-corrected chi connectivity index (χ0v) is 12.9. The summed E-state index contributed by atoms with van der Waals surface area (Å²) >= 11 is 0. The number of nitrogens with one attached hydrogen (secondary N) is 1. The van der Waals surface area contributed by atoms with Crippen LogP contribution in [0.5, 0.6) is 0 Å². The molecule has 1 N–H and O–H groups in total. The monoisotopic (exact) mass is 261 g/mol. The highest BCUT2D eigenvalue weighted by atomic mass is 32.2. The molecule has 0 spiro atoms. The van der Waals surface area contributed by atoms with Crippen molar-refractivity contribution in [2.75, 3.05) is 12.3 Å². The van der Waals surface area contributed by atoms with Gasteiger partial charge in [-0.15, -0.1) is 0 Å². The average molecular weight is 261 g/mol. The molecule has 0 amide bonds. The Morgan fingerprint density at radius 1 is 1.06 bits per heavy atom. The Balaban J connectivity index is 4.35. The smallest absolute Gasteiger partial charge is 0.0498 e. The van der Waals surface area contributed by atoms with Crippen molar-refractivity contribution in [3.05, 3.63) is 0 Å². The Bertz CT molecular complexity index is 197. The molecule has 0 fully saturated rings. The molecular weight excluding hydrogens is 230 g/mol. The van der Waals surface area contributed by atoms with E-state index in [2.05, 4.69) is 33.0 Å². The molecule has 104 valence electrons. The third kappa shape index (κ3) is 7.20. The van der Waals surface area contributed by atoms with Crippen molar-refractivity contribution in [3.63, 3.8) is 0 Å². The summed E-state index contributed by atoms with van der Waals surface area (Å²) in [6.45, 7) is 9.78. The third-order valence-corrected chi connectivity index (χ3v) is 5.17. The van der Waals surface area contributed by atoms with Gasteiger partial charge in [-0.25, -0.2) is 0 Å². The van der Waals surface area contributed by atoms with E-state index >= 15 is 0 Å². The molecule has 0 aromatic carbocycles. The standard InChI is InChI=1S/C14H31NOS/c1-5-9-12-17(16)14(8-4)13(10-6-2)15-11-7-3/h13-15H,5-12H2,1-4H3. The van der Waals surface area contributed by atoms with Crippen LogP contribution in [-0.4, -0.2) is 27.8 Å². The predicted molar refractivity (Wildman–Crippen MR) is 79.0 cm³/mol. The number of hydrogen-bond donors (Lipinski definition) is 1. The van der Waals surface area contributed by atoms with E-state index in [0.717, 1.165) is 44.4 Å². The van der Waals surface area contributed by atoms with Crippen LogP contribution in [0.4, 0.5) is 0 Å². The first-order chi connectivity index (χ1) is 8.21. The molecular formula is C14H31NOS. The second-order valence-corrected chi connectivity index (χ2v) is 6.51. The first kappa shape index (κ1) is 17.1. The van der Waals surface area contributed by atoms with E-state index < -0.39 is 10.8 Å². The van der Waals surface area contributed by atoms with Crippen molar-refractivity contribution in [2.45, 2.75) is 77.5 Å². The first-order valence-electron chi connectivity index (χ1n) is 7.31. The van der Waals surface area contributed by atoms with E-state index in [1.165, 1.54) is 6.42 Å². The lowest BCUT2D eigenvalue weighted by atomic mass is 10.1. The topological polar surface area (TPSA) is 29.1 Å². The zero-order chi connectivity index (χ0) is 13.1. The van der Waals surface area contributed by atoms with Crippen LogP contribution in [0, 0.1) is 0 Å². The van der Waals surface area contributed by atoms with Crippen LogP contribution < -0.4 is 5.32 Å². The lowest BCUT2D eigenvalue weighted by Gasteiger charge is -2.26. The molecule has 0 rings (SSSR count). The van der Waals surface area contributed by atoms with Crippen molar-refractivity contribution in [2.24, 2.45) is 0 Å². The summed E-state index contributed by atoms with van der Waals surface area (Å²) in [6, 6.07) is 0.447. The van der Waals surface area contributed by atoms with Crippen LogP contribution in [0.25, 0.3) is 0 Å². The molecule has 0 aromatic rings. The lowest BCUT2D eigenvalue weighted by molar-refractivity contribution is 0.447. The summed E-state index contributed by atoms with van der Waals surface area (Å²) in [5.74, 6) is 0.878. The minimum absolute atomic E-state index is 0.341. The maximum atomic E-state index is 12.3. The summed E-state index contributed by atoms with van der Waals surface area (Å²) in [4.78, 5) is 0. The summed E-state index contributed by atoms with van der Waals surface area (Å²) in [5, 5.41) is 3.93. The Morgan fingerprint density at radius 3 is 2.24 bits per heavy atom. The number of hydrogen-bond acceptors (Lipinski definition) is 2. The van der Waals surface area contributed by atoms with E-state index in [-0.39, 0.29) is 0 Å². The maximum Gasteiger partial charge on any atom is 0.0498 e. The molecule has 3 unspecified atom stereocenters. The zero-order valence-electron chi connectivity index (χ0n) is 12.1. The molecule has 0 radical (unpaired) electrons. The Morgan fingerprint density at radius 2 is 1.76 bits per heavy atom. The summed E-state index contributed by atoms with van der Waals surface area (Å²) in [7, 11) is -0.655. The van der Waals surface area contributed by atoms with Gasteiger partial charge in [-0.3, -0.25) is 4.21 Å². The van der Waals surface area contributed by atoms with Crippen LogP contribution in [0.3, 0.4) is 0 Å². The summed E-state index contributed by atoms with van der Waals surface area (Å²) in [6.07, 6.45) is 6.73. The minimum atomic E-state index is -0.655. The summed E-state index contributed by atoms with van der Waals surface area (Å²) < 4.78 is 12.3. The second kappa shape index (κ2) is 11.2. The van der Waals surface area contributed by atoms with E-state index in [0.29, 0.717) is 11.3 Å². The molecule has 17 heavy (non-hydrogen) atoms. The largest absolute Gasteiger partial charge is 0.313 e. The van der Waals surface area contributed by atoms with Crippen LogP contribution in [0.1, 0.15) is 66.2 Å². The fraction of sp³-hybridized carbons (Fsp3) is 1.00. The normalized spacial score (nSPS) is 16.7. The van der Waals surface area contributed by atoms with Gasteiger partial charge < -0.3 is 5.32 Å². The van der Waals surface area contributed by atoms with E-state index in [1.54, 1.807) is 0 Å². The molecule has 0 aliphatic carbocycles. The van der Waals surface area contributed by atoms with Crippen molar-refractivity contribution in [3.8, 4) is 0 Å². The van der Waals surface area contributed by atoms with Gasteiger partial charge in [0.2, 0.25) is 0 Å². The quantitative estimate of drug-likeness (QED) is 0.617. The van der Waals surface area contributed by atoms with Crippen LogP contribution in [-0.2, 0) is 10.8 Å². The predicted octanol–water partition coefficient (Wildman–Crippen LogP) is 3.48. The second-order valence-electron chi connectivity index (χ2n) is 4.73. The van der Waals surface area contributed by atoms with Gasteiger partial charge in [0.15, 0.2) is 0 Å². The molecule has 0 heterocycles. The van der Waals surface area contributed by atoms with Gasteiger partial charge in [0, 0.05) is 27.8 Å². The van der Waals surface area contributed by atoms with Crippen molar-refractivity contribution >= 4 is 10.8 Å². The fourth-order valence-electron chi connectivity index (χ4n) is 2.15. The van der Waals surface area contributed by atoms with Gasteiger partial charge in [0.25, 0.3) is 0 Å². The minimum Gasteiger partial charge on any atom is -0.313 e. The highest BCUT2D eigenvalue weighted by molar-refractivity contribution is 7.85. The van der Waals surface area contributed by atoms with E-state index in [1.807, 2.05) is 0 Å². The van der Waals surface area contributed by atoms with Crippen molar-refractivity contribution in [1.29, 1.82) is 0 Å². The Labute approximate surface area is 110 Å². The van der Waals surface area contributed by atoms with E-state index in [4.69, 9.17) is 0 Å². The average Bonchev–Trinajstić information content (AvgIpc) is 2.34. The molecule has 2 nitrogen and oxygen atoms in total. The van der Waals surface area contributed by atoms with Crippen LogP contribution in [0.15, 0.2) is 0 Å². The molecule has 0 saturated heterocycles. The van der Waals surface area contributed by atoms with Crippen LogP contribution >= 0.6 is 0 Å². The molecule has 3 atom stereocenters. The van der Waals surface area contributed by atoms with Crippen molar-refractivity contribution < 1.29 is 4.21 Å². The SMILES string of the molecule is CCCCS(=O)C(CC)C(CCC)NCCC. The van der Waals surface area contributed by atoms with Gasteiger partial charge in [-0.2, -0.15) is 0 Å². The van der Waals surface area contributed by atoms with Crippen LogP contribution in [0.2, 0.25) is 0 Å². The summed E-state index contributed by atoms with van der Waals surface area (Å²) in [5.41, 5.74) is 0. The maximum absolute atomic E-state index is 12.3. The molecule has 0 aliphatic heterocycles. The Kier molecular flexibility index (Phi) is 11.3. The fourth-order valence-corrected chi connectivity index (χ4v) is 4.00. The number of rotatable bonds is 11. The first-order valence-corrected chi connectivity index (χ1v) is 8.69. The van der Waals surface area contributed by atoms with Crippen molar-refractivity contribution in [1.82, 2.24) is 5.32 Å². The van der Waals surface area contributed by atoms with Gasteiger partial charge >= 0.3 is 0 Å². The highest BCUT2D eigenvalue weighted by Gasteiger charge is 2.23.